The largest absolute Gasteiger partial charge is 0.497 e. The van der Waals surface area contributed by atoms with Crippen LogP contribution in [0.25, 0.3) is 0 Å². The summed E-state index contributed by atoms with van der Waals surface area (Å²) in [6, 6.07) is 18.3. The van der Waals surface area contributed by atoms with E-state index in [1.165, 1.54) is 5.56 Å². The summed E-state index contributed by atoms with van der Waals surface area (Å²) in [5, 5.41) is 3.54. The van der Waals surface area contributed by atoms with E-state index in [9.17, 15) is 4.79 Å². The van der Waals surface area contributed by atoms with Crippen LogP contribution in [0, 0.1) is 0 Å². The number of benzene rings is 2. The highest BCUT2D eigenvalue weighted by Crippen LogP contribution is 2.30. The van der Waals surface area contributed by atoms with Gasteiger partial charge in [-0.15, -0.1) is 0 Å². The zero-order valence-electron chi connectivity index (χ0n) is 16.4. The molecule has 0 saturated carbocycles. The van der Waals surface area contributed by atoms with E-state index in [2.05, 4.69) is 34.5 Å². The van der Waals surface area contributed by atoms with Crippen molar-refractivity contribution in [3.63, 3.8) is 0 Å². The van der Waals surface area contributed by atoms with E-state index >= 15 is 0 Å². The van der Waals surface area contributed by atoms with Crippen LogP contribution in [0.15, 0.2) is 54.6 Å². The summed E-state index contributed by atoms with van der Waals surface area (Å²) in [7, 11) is 5.31. The minimum Gasteiger partial charge on any atom is -0.497 e. The predicted molar refractivity (Wildman–Crippen MR) is 109 cm³/mol. The van der Waals surface area contributed by atoms with Crippen LogP contribution >= 0.6 is 0 Å². The number of ether oxygens (including phenoxy) is 1. The van der Waals surface area contributed by atoms with Crippen molar-refractivity contribution in [2.45, 2.75) is 24.9 Å². The first kappa shape index (κ1) is 19.2. The molecule has 27 heavy (non-hydrogen) atoms. The van der Waals surface area contributed by atoms with Crippen molar-refractivity contribution in [1.82, 2.24) is 9.80 Å². The van der Waals surface area contributed by atoms with Crippen molar-refractivity contribution >= 4 is 11.6 Å². The van der Waals surface area contributed by atoms with Gasteiger partial charge in [-0.05, 0) is 30.5 Å². The maximum Gasteiger partial charge on any atom is 0.247 e. The second-order valence-corrected chi connectivity index (χ2v) is 7.40. The molecule has 0 unspecified atom stereocenters. The number of carbonyl (C=O) groups is 1. The Morgan fingerprint density at radius 2 is 1.81 bits per heavy atom. The Bertz CT molecular complexity index is 753. The van der Waals surface area contributed by atoms with E-state index in [-0.39, 0.29) is 5.91 Å². The van der Waals surface area contributed by atoms with Gasteiger partial charge < -0.3 is 15.0 Å². The number of piperidine rings is 1. The van der Waals surface area contributed by atoms with Gasteiger partial charge in [-0.1, -0.05) is 36.4 Å². The highest BCUT2D eigenvalue weighted by Gasteiger charge is 2.42. The molecule has 1 fully saturated rings. The number of nitrogens with zero attached hydrogens (tertiary/aromatic N) is 2. The summed E-state index contributed by atoms with van der Waals surface area (Å²) >= 11 is 0. The fourth-order valence-corrected chi connectivity index (χ4v) is 3.73. The van der Waals surface area contributed by atoms with Crippen LogP contribution in [0.1, 0.15) is 18.4 Å². The molecule has 0 spiro atoms. The zero-order chi connectivity index (χ0) is 19.3. The second-order valence-electron chi connectivity index (χ2n) is 7.40. The molecule has 1 amide bonds. The fraction of sp³-hybridized carbons (Fsp3) is 0.409. The summed E-state index contributed by atoms with van der Waals surface area (Å²) in [4.78, 5) is 17.2. The van der Waals surface area contributed by atoms with Gasteiger partial charge >= 0.3 is 0 Å². The van der Waals surface area contributed by atoms with Gasteiger partial charge in [0.15, 0.2) is 0 Å². The highest BCUT2D eigenvalue weighted by atomic mass is 16.5. The van der Waals surface area contributed by atoms with Crippen LogP contribution in [-0.4, -0.2) is 55.5 Å². The smallest absolute Gasteiger partial charge is 0.247 e. The number of hydrogen-bond donors (Lipinski definition) is 1. The van der Waals surface area contributed by atoms with Crippen LogP contribution in [0.3, 0.4) is 0 Å². The SMILES string of the molecule is COc1cccc(NC2(C(=O)N(C)C)CCN(Cc3ccccc3)CC2)c1. The molecule has 5 nitrogen and oxygen atoms in total. The number of carbonyl (C=O) groups excluding carboxylic acids is 1. The highest BCUT2D eigenvalue weighted by molar-refractivity contribution is 5.89. The Morgan fingerprint density at radius 1 is 1.11 bits per heavy atom. The van der Waals surface area contributed by atoms with E-state index in [1.807, 2.05) is 44.4 Å². The van der Waals surface area contributed by atoms with Crippen LogP contribution in [-0.2, 0) is 11.3 Å². The first-order valence-corrected chi connectivity index (χ1v) is 9.43. The lowest BCUT2D eigenvalue weighted by molar-refractivity contribution is -0.135. The average Bonchev–Trinajstić information content (AvgIpc) is 2.70. The van der Waals surface area contributed by atoms with Gasteiger partial charge in [-0.2, -0.15) is 0 Å². The topological polar surface area (TPSA) is 44.8 Å². The lowest BCUT2D eigenvalue weighted by Crippen LogP contribution is -2.57. The molecular weight excluding hydrogens is 338 g/mol. The summed E-state index contributed by atoms with van der Waals surface area (Å²) in [5.41, 5.74) is 1.65. The van der Waals surface area contributed by atoms with Crippen molar-refractivity contribution in [3.05, 3.63) is 60.2 Å². The Morgan fingerprint density at radius 3 is 2.44 bits per heavy atom. The van der Waals surface area contributed by atoms with Gasteiger partial charge in [0.1, 0.15) is 11.3 Å². The summed E-state index contributed by atoms with van der Waals surface area (Å²) < 4.78 is 5.32. The summed E-state index contributed by atoms with van der Waals surface area (Å²) in [5.74, 6) is 0.915. The molecule has 1 aliphatic heterocycles. The number of anilines is 1. The average molecular weight is 367 g/mol. The maximum atomic E-state index is 13.1. The summed E-state index contributed by atoms with van der Waals surface area (Å²) in [6.07, 6.45) is 1.54. The zero-order valence-corrected chi connectivity index (χ0v) is 16.4. The number of rotatable bonds is 6. The predicted octanol–water partition coefficient (Wildman–Crippen LogP) is 3.23. The minimum atomic E-state index is -0.580. The molecular formula is C22H29N3O2. The van der Waals surface area contributed by atoms with Crippen molar-refractivity contribution in [3.8, 4) is 5.75 Å². The molecule has 2 aromatic carbocycles. The maximum absolute atomic E-state index is 13.1. The van der Waals surface area contributed by atoms with E-state index < -0.39 is 5.54 Å². The van der Waals surface area contributed by atoms with E-state index in [0.29, 0.717) is 0 Å². The second kappa shape index (κ2) is 8.44. The van der Waals surface area contributed by atoms with Crippen molar-refractivity contribution in [2.75, 3.05) is 39.6 Å². The molecule has 1 saturated heterocycles. The third-order valence-corrected chi connectivity index (χ3v) is 5.23. The van der Waals surface area contributed by atoms with Gasteiger partial charge in [0, 0.05) is 45.5 Å². The van der Waals surface area contributed by atoms with Crippen molar-refractivity contribution < 1.29 is 9.53 Å². The van der Waals surface area contributed by atoms with E-state index in [4.69, 9.17) is 4.74 Å². The Balaban J connectivity index is 1.74. The van der Waals surface area contributed by atoms with Gasteiger partial charge in [-0.3, -0.25) is 9.69 Å². The molecule has 1 aliphatic rings. The molecule has 0 atom stereocenters. The van der Waals surface area contributed by atoms with Crippen molar-refractivity contribution in [2.24, 2.45) is 0 Å². The Labute approximate surface area is 161 Å². The molecule has 0 aromatic heterocycles. The molecule has 5 heteroatoms. The molecule has 1 heterocycles. The number of likely N-dealkylation sites (N-methyl/N-ethyl adjacent to an activating group) is 1. The number of methoxy groups -OCH3 is 1. The quantitative estimate of drug-likeness (QED) is 0.851. The molecule has 0 aliphatic carbocycles. The number of hydrogen-bond acceptors (Lipinski definition) is 4. The number of amides is 1. The van der Waals surface area contributed by atoms with Crippen molar-refractivity contribution in [1.29, 1.82) is 0 Å². The molecule has 0 bridgehead atoms. The van der Waals surface area contributed by atoms with Gasteiger partial charge in [0.25, 0.3) is 0 Å². The van der Waals surface area contributed by atoms with Crippen LogP contribution in [0.2, 0.25) is 0 Å². The molecule has 1 N–H and O–H groups in total. The normalized spacial score (nSPS) is 16.6. The van der Waals surface area contributed by atoms with Gasteiger partial charge in [-0.25, -0.2) is 0 Å². The monoisotopic (exact) mass is 367 g/mol. The van der Waals surface area contributed by atoms with Gasteiger partial charge in [0.2, 0.25) is 5.91 Å². The number of likely N-dealkylation sites (tertiary alicyclic amines) is 1. The minimum absolute atomic E-state index is 0.129. The van der Waals surface area contributed by atoms with Crippen LogP contribution in [0.5, 0.6) is 5.75 Å². The van der Waals surface area contributed by atoms with Crippen LogP contribution < -0.4 is 10.1 Å². The summed E-state index contributed by atoms with van der Waals surface area (Å²) in [6.45, 7) is 2.68. The lowest BCUT2D eigenvalue weighted by atomic mass is 9.85. The fourth-order valence-electron chi connectivity index (χ4n) is 3.73. The first-order valence-electron chi connectivity index (χ1n) is 9.43. The number of nitrogens with one attached hydrogen (secondary N) is 1. The molecule has 2 aromatic rings. The first-order chi connectivity index (χ1) is 13.0. The molecule has 3 rings (SSSR count). The Kier molecular flexibility index (Phi) is 6.01. The molecule has 0 radical (unpaired) electrons. The van der Waals surface area contributed by atoms with E-state index in [1.54, 1.807) is 12.0 Å². The standard InChI is InChI=1S/C22H29N3O2/c1-24(2)21(26)22(23-19-10-7-11-20(16-19)27-3)12-14-25(15-13-22)17-18-8-5-4-6-9-18/h4-11,16,23H,12-15,17H2,1-3H3. The lowest BCUT2D eigenvalue weighted by Gasteiger charge is -2.43. The molecule has 144 valence electrons. The third kappa shape index (κ3) is 4.61. The Hall–Kier alpha value is -2.53. The van der Waals surface area contributed by atoms with E-state index in [0.717, 1.165) is 43.9 Å². The van der Waals surface area contributed by atoms with Gasteiger partial charge in [0.05, 0.1) is 7.11 Å². The van der Waals surface area contributed by atoms with Crippen LogP contribution in [0.4, 0.5) is 5.69 Å². The third-order valence-electron chi connectivity index (χ3n) is 5.23.